The van der Waals surface area contributed by atoms with Gasteiger partial charge in [-0.25, -0.2) is 26.0 Å². The van der Waals surface area contributed by atoms with Gasteiger partial charge in [-0.05, 0) is 31.2 Å². The van der Waals surface area contributed by atoms with Crippen molar-refractivity contribution in [1.82, 2.24) is 5.32 Å². The van der Waals surface area contributed by atoms with Gasteiger partial charge in [0, 0.05) is 35.0 Å². The van der Waals surface area contributed by atoms with E-state index in [0.29, 0.717) is 0 Å². The van der Waals surface area contributed by atoms with Gasteiger partial charge in [0.2, 0.25) is 9.84 Å². The van der Waals surface area contributed by atoms with Crippen molar-refractivity contribution in [2.75, 3.05) is 19.0 Å². The molecule has 2 aromatic rings. The van der Waals surface area contributed by atoms with E-state index in [1.807, 2.05) is 0 Å². The minimum Gasteiger partial charge on any atom is -0.462 e. The van der Waals surface area contributed by atoms with E-state index in [9.17, 15) is 21.6 Å². The molecule has 8 nitrogen and oxygen atoms in total. The lowest BCUT2D eigenvalue weighted by atomic mass is 9.86. The Morgan fingerprint density at radius 3 is 2.49 bits per heavy atom. The van der Waals surface area contributed by atoms with Gasteiger partial charge in [0.05, 0.1) is 38.5 Å². The number of nitrogens with one attached hydrogen (secondary N) is 1. The third-order valence-electron chi connectivity index (χ3n) is 5.73. The Labute approximate surface area is 206 Å². The zero-order valence-corrected chi connectivity index (χ0v) is 20.8. The van der Waals surface area contributed by atoms with E-state index in [1.54, 1.807) is 0 Å². The van der Waals surface area contributed by atoms with E-state index < -0.39 is 52.9 Å². The molecule has 186 valence electrons. The third-order valence-corrected chi connectivity index (χ3v) is 9.88. The van der Waals surface area contributed by atoms with Crippen LogP contribution >= 0.6 is 11.6 Å². The molecule has 0 saturated heterocycles. The minimum atomic E-state index is -4.57. The Morgan fingerprint density at radius 1 is 1.14 bits per heavy atom. The summed E-state index contributed by atoms with van der Waals surface area (Å²) < 4.78 is 74.6. The fourth-order valence-electron chi connectivity index (χ4n) is 4.26. The second-order valence-electron chi connectivity index (χ2n) is 8.00. The molecule has 1 unspecified atom stereocenters. The first-order valence-corrected chi connectivity index (χ1v) is 14.0. The van der Waals surface area contributed by atoms with Crippen LogP contribution in [0.5, 0.6) is 0 Å². The number of aliphatic hydroxyl groups excluding tert-OH is 1. The summed E-state index contributed by atoms with van der Waals surface area (Å²) in [4.78, 5) is 11.8. The Hall–Kier alpha value is -2.73. The van der Waals surface area contributed by atoms with E-state index in [4.69, 9.17) is 21.4 Å². The molecule has 0 aliphatic carbocycles. The number of carbonyl (C=O) groups is 1. The van der Waals surface area contributed by atoms with Crippen molar-refractivity contribution in [3.63, 3.8) is 0 Å². The summed E-state index contributed by atoms with van der Waals surface area (Å²) in [6.07, 6.45) is 0.133. The highest BCUT2D eigenvalue weighted by Crippen LogP contribution is 2.48. The molecule has 0 fully saturated rings. The van der Waals surface area contributed by atoms with Crippen LogP contribution in [0.25, 0.3) is 0 Å². The van der Waals surface area contributed by atoms with Gasteiger partial charge in [-0.3, -0.25) is 0 Å². The summed E-state index contributed by atoms with van der Waals surface area (Å²) >= 11 is 6.32. The van der Waals surface area contributed by atoms with Gasteiger partial charge < -0.3 is 15.2 Å². The van der Waals surface area contributed by atoms with Crippen LogP contribution in [0.4, 0.5) is 4.39 Å². The fraction of sp³-hybridized carbons (Fsp3) is 0.261. The fourth-order valence-corrected chi connectivity index (χ4v) is 8.58. The highest BCUT2D eigenvalue weighted by atomic mass is 35.5. The van der Waals surface area contributed by atoms with Crippen LogP contribution in [-0.2, 0) is 29.2 Å². The number of ether oxygens (including phenoxy) is 1. The summed E-state index contributed by atoms with van der Waals surface area (Å²) in [5.74, 6) is -4.12. The van der Waals surface area contributed by atoms with Crippen LogP contribution in [-0.4, -0.2) is 46.9 Å². The number of allylic oxidation sites excluding steroid dienone is 2. The normalized spacial score (nSPS) is 20.4. The molecule has 2 aromatic carbocycles. The molecule has 35 heavy (non-hydrogen) atoms. The van der Waals surface area contributed by atoms with Crippen LogP contribution < -0.4 is 5.32 Å². The maximum absolute atomic E-state index is 15.2. The van der Waals surface area contributed by atoms with E-state index in [1.165, 1.54) is 37.3 Å². The largest absolute Gasteiger partial charge is 0.462 e. The molecule has 2 aliphatic rings. The van der Waals surface area contributed by atoms with E-state index in [-0.39, 0.29) is 52.1 Å². The number of hydrogen-bond donors (Lipinski definition) is 2. The number of dihydropyridines is 1. The molecule has 2 N–H and O–H groups in total. The van der Waals surface area contributed by atoms with Gasteiger partial charge >= 0.3 is 5.97 Å². The second-order valence-corrected chi connectivity index (χ2v) is 12.2. The molecule has 0 saturated carbocycles. The molecule has 0 spiro atoms. The van der Waals surface area contributed by atoms with Crippen molar-refractivity contribution in [1.29, 1.82) is 0 Å². The zero-order chi connectivity index (χ0) is 25.5. The third kappa shape index (κ3) is 4.37. The van der Waals surface area contributed by atoms with Gasteiger partial charge in [0.25, 0.3) is 0 Å². The quantitative estimate of drug-likeness (QED) is 0.437. The Kier molecular flexibility index (Phi) is 6.80. The number of hydrogen-bond acceptors (Lipinski definition) is 8. The molecule has 1 atom stereocenters. The Balaban J connectivity index is 2.04. The van der Waals surface area contributed by atoms with E-state index in [0.717, 1.165) is 12.1 Å². The number of halogens is 2. The van der Waals surface area contributed by atoms with Crippen molar-refractivity contribution in [3.05, 3.63) is 80.7 Å². The molecule has 2 aliphatic heterocycles. The molecule has 0 radical (unpaired) electrons. The summed E-state index contributed by atoms with van der Waals surface area (Å²) in [6, 6.07) is 8.88. The maximum atomic E-state index is 15.2. The number of sulfone groups is 2. The molecular formula is C23H21ClFNO7S2. The number of fused-ring (bicyclic) bond motifs is 1. The lowest BCUT2D eigenvalue weighted by Crippen LogP contribution is -2.34. The molecule has 12 heteroatoms. The first kappa shape index (κ1) is 25.4. The topological polar surface area (TPSA) is 127 Å². The van der Waals surface area contributed by atoms with Crippen molar-refractivity contribution in [2.45, 2.75) is 29.1 Å². The molecule has 2 heterocycles. The standard InChI is InChI=1S/C23H21ClFNO7S2/c1-13-19(23(28)33-11-5-10-27)21(20-14(24)6-4-7-15(20)25)22-16(26-13)12-34(29,30)17-8-2-3-9-18(17)35(22,31)32/h2-4,6-9,21,26-27H,5,10-12H2,1H3. The van der Waals surface area contributed by atoms with Crippen molar-refractivity contribution in [2.24, 2.45) is 0 Å². The minimum absolute atomic E-state index is 0.0958. The predicted molar refractivity (Wildman–Crippen MR) is 125 cm³/mol. The van der Waals surface area contributed by atoms with Gasteiger partial charge in [-0.1, -0.05) is 29.8 Å². The highest BCUT2D eigenvalue weighted by Gasteiger charge is 2.47. The van der Waals surface area contributed by atoms with E-state index in [2.05, 4.69) is 5.32 Å². The smallest absolute Gasteiger partial charge is 0.336 e. The lowest BCUT2D eigenvalue weighted by molar-refractivity contribution is -0.139. The molecule has 0 amide bonds. The predicted octanol–water partition coefficient (Wildman–Crippen LogP) is 2.84. The van der Waals surface area contributed by atoms with Crippen molar-refractivity contribution >= 4 is 37.2 Å². The summed E-state index contributed by atoms with van der Waals surface area (Å²) in [6.45, 7) is 1.02. The van der Waals surface area contributed by atoms with Gasteiger partial charge in [-0.15, -0.1) is 0 Å². The van der Waals surface area contributed by atoms with Crippen molar-refractivity contribution in [3.8, 4) is 0 Å². The second kappa shape index (κ2) is 9.38. The Bertz CT molecular complexity index is 1480. The summed E-state index contributed by atoms with van der Waals surface area (Å²) in [5, 5.41) is 11.6. The first-order chi connectivity index (χ1) is 16.5. The van der Waals surface area contributed by atoms with Crippen LogP contribution in [0.2, 0.25) is 5.02 Å². The summed E-state index contributed by atoms with van der Waals surface area (Å²) in [7, 11) is -8.68. The SMILES string of the molecule is CC1=C(C(=O)OCCCO)C(c2c(F)cccc2Cl)C2=C(CS(=O)(=O)c3ccccc3S2(=O)=O)N1. The number of rotatable bonds is 5. The van der Waals surface area contributed by atoms with Crippen LogP contribution in [0.3, 0.4) is 0 Å². The monoisotopic (exact) mass is 541 g/mol. The zero-order valence-electron chi connectivity index (χ0n) is 18.4. The molecule has 0 aromatic heterocycles. The molecule has 0 bridgehead atoms. The van der Waals surface area contributed by atoms with Gasteiger partial charge in [0.15, 0.2) is 9.84 Å². The Morgan fingerprint density at radius 2 is 1.83 bits per heavy atom. The average Bonchev–Trinajstić information content (AvgIpc) is 2.84. The van der Waals surface area contributed by atoms with E-state index >= 15 is 4.39 Å². The average molecular weight is 542 g/mol. The van der Waals surface area contributed by atoms with Gasteiger partial charge in [0.1, 0.15) is 5.82 Å². The summed E-state index contributed by atoms with van der Waals surface area (Å²) in [5.41, 5.74) is -0.626. The number of carbonyl (C=O) groups excluding carboxylic acids is 1. The highest BCUT2D eigenvalue weighted by molar-refractivity contribution is 7.97. The first-order valence-electron chi connectivity index (χ1n) is 10.5. The van der Waals surface area contributed by atoms with Gasteiger partial charge in [-0.2, -0.15) is 0 Å². The van der Waals surface area contributed by atoms with Crippen LogP contribution in [0, 0.1) is 5.82 Å². The number of benzene rings is 2. The lowest BCUT2D eigenvalue weighted by Gasteiger charge is -2.31. The molecular weight excluding hydrogens is 521 g/mol. The number of aliphatic hydroxyl groups is 1. The maximum Gasteiger partial charge on any atom is 0.336 e. The van der Waals surface area contributed by atoms with Crippen molar-refractivity contribution < 1.29 is 35.9 Å². The van der Waals surface area contributed by atoms with Crippen LogP contribution in [0.1, 0.15) is 24.8 Å². The van der Waals surface area contributed by atoms with Crippen LogP contribution in [0.15, 0.2) is 74.1 Å². The number of esters is 1. The molecule has 4 rings (SSSR count).